The predicted molar refractivity (Wildman–Crippen MR) is 118 cm³/mol. The van der Waals surface area contributed by atoms with Crippen LogP contribution in [0.1, 0.15) is 72.2 Å². The molecule has 0 spiro atoms. The molecule has 0 saturated carbocycles. The normalized spacial score (nSPS) is 9.83. The van der Waals surface area contributed by atoms with Crippen molar-refractivity contribution in [3.63, 3.8) is 0 Å². The summed E-state index contributed by atoms with van der Waals surface area (Å²) in [5, 5.41) is 10.2. The zero-order valence-electron chi connectivity index (χ0n) is 17.6. The van der Waals surface area contributed by atoms with Gasteiger partial charge < -0.3 is 10.4 Å². The average molecular weight is 414 g/mol. The molecule has 5 N–H and O–H groups in total. The van der Waals surface area contributed by atoms with Crippen LogP contribution in [-0.2, 0) is 11.2 Å². The van der Waals surface area contributed by atoms with Crippen LogP contribution in [0, 0.1) is 0 Å². The third kappa shape index (κ3) is 9.84. The zero-order chi connectivity index (χ0) is 22.4. The maximum atomic E-state index is 12.3. The maximum Gasteiger partial charge on any atom is 0.300 e. The Bertz CT molecular complexity index is 798. The van der Waals surface area contributed by atoms with Crippen LogP contribution in [0.5, 0.6) is 0 Å². The van der Waals surface area contributed by atoms with E-state index in [0.717, 1.165) is 13.3 Å². The van der Waals surface area contributed by atoms with Crippen LogP contribution in [-0.4, -0.2) is 22.9 Å². The summed E-state index contributed by atoms with van der Waals surface area (Å²) >= 11 is 0. The van der Waals surface area contributed by atoms with Gasteiger partial charge in [-0.2, -0.15) is 0 Å². The van der Waals surface area contributed by atoms with Gasteiger partial charge in [-0.05, 0) is 54.8 Å². The van der Waals surface area contributed by atoms with E-state index in [1.54, 1.807) is 24.3 Å². The molecule has 2 rings (SSSR count). The molecule has 2 aromatic rings. The molecule has 0 fully saturated rings. The third-order valence-electron chi connectivity index (χ3n) is 4.32. The second-order valence-corrected chi connectivity index (χ2v) is 6.89. The summed E-state index contributed by atoms with van der Waals surface area (Å²) in [6.45, 7) is 3.30. The zero-order valence-corrected chi connectivity index (χ0v) is 17.6. The van der Waals surface area contributed by atoms with E-state index < -0.39 is 5.97 Å². The maximum absolute atomic E-state index is 12.3. The molecule has 0 aliphatic carbocycles. The minimum Gasteiger partial charge on any atom is -0.481 e. The molecule has 7 nitrogen and oxygen atoms in total. The number of hydrogen-bond donors (Lipinski definition) is 4. The summed E-state index contributed by atoms with van der Waals surface area (Å²) in [4.78, 5) is 32.7. The lowest BCUT2D eigenvalue weighted by atomic mass is 10.0. The van der Waals surface area contributed by atoms with Gasteiger partial charge in [-0.15, -0.1) is 0 Å². The summed E-state index contributed by atoms with van der Waals surface area (Å²) in [6, 6.07) is 14.3. The van der Waals surface area contributed by atoms with E-state index in [0.29, 0.717) is 16.8 Å². The number of carboxylic acids is 1. The molecular weight excluding hydrogens is 382 g/mol. The van der Waals surface area contributed by atoms with Crippen LogP contribution < -0.4 is 16.6 Å². The molecule has 162 valence electrons. The van der Waals surface area contributed by atoms with Crippen molar-refractivity contribution in [2.24, 2.45) is 5.84 Å². The number of aliphatic carboxylic acids is 1. The number of carboxylic acid groups (broad SMARTS) is 1. The lowest BCUT2D eigenvalue weighted by molar-refractivity contribution is -0.134. The van der Waals surface area contributed by atoms with Gasteiger partial charge in [0, 0.05) is 23.7 Å². The molecule has 0 saturated heterocycles. The molecule has 0 aliphatic rings. The highest BCUT2D eigenvalue weighted by Gasteiger charge is 2.07. The summed E-state index contributed by atoms with van der Waals surface area (Å²) in [7, 11) is 0. The third-order valence-corrected chi connectivity index (χ3v) is 4.32. The molecular formula is C23H31N3O4. The Balaban J connectivity index is 0.00000103. The van der Waals surface area contributed by atoms with Crippen molar-refractivity contribution in [3.8, 4) is 0 Å². The fraction of sp³-hybridized carbons (Fsp3) is 0.348. The SMILES string of the molecule is CC(=O)O.CCCCCCCc1ccc(C(=O)Nc2ccc(C(=O)NN)cc2)cc1. The summed E-state index contributed by atoms with van der Waals surface area (Å²) in [5.74, 6) is 3.72. The van der Waals surface area contributed by atoms with E-state index in [4.69, 9.17) is 15.7 Å². The number of hydrogen-bond acceptors (Lipinski definition) is 4. The topological polar surface area (TPSA) is 122 Å². The van der Waals surface area contributed by atoms with Gasteiger partial charge in [-0.3, -0.25) is 19.8 Å². The number of nitrogens with two attached hydrogens (primary N) is 1. The van der Waals surface area contributed by atoms with E-state index >= 15 is 0 Å². The van der Waals surface area contributed by atoms with Crippen LogP contribution in [0.2, 0.25) is 0 Å². The smallest absolute Gasteiger partial charge is 0.300 e. The van der Waals surface area contributed by atoms with E-state index in [-0.39, 0.29) is 11.8 Å². The molecule has 0 atom stereocenters. The summed E-state index contributed by atoms with van der Waals surface area (Å²) in [6.07, 6.45) is 7.35. The number of unbranched alkanes of at least 4 members (excludes halogenated alkanes) is 4. The number of anilines is 1. The van der Waals surface area contributed by atoms with Crippen molar-refractivity contribution in [2.45, 2.75) is 52.4 Å². The number of benzene rings is 2. The van der Waals surface area contributed by atoms with Gasteiger partial charge >= 0.3 is 0 Å². The van der Waals surface area contributed by atoms with E-state index in [1.807, 2.05) is 24.3 Å². The second-order valence-electron chi connectivity index (χ2n) is 6.89. The lowest BCUT2D eigenvalue weighted by Crippen LogP contribution is -2.29. The molecule has 0 aliphatic heterocycles. The Morgan fingerprint density at radius 3 is 1.87 bits per heavy atom. The molecule has 2 aromatic carbocycles. The Labute approximate surface area is 177 Å². The molecule has 0 heterocycles. The number of nitrogen functional groups attached to an aromatic ring is 1. The molecule has 2 amide bonds. The predicted octanol–water partition coefficient (Wildman–Crippen LogP) is 4.15. The Hall–Kier alpha value is -3.19. The van der Waals surface area contributed by atoms with Crippen molar-refractivity contribution in [3.05, 3.63) is 65.2 Å². The Morgan fingerprint density at radius 1 is 0.833 bits per heavy atom. The quantitative estimate of drug-likeness (QED) is 0.213. The highest BCUT2D eigenvalue weighted by atomic mass is 16.4. The first-order chi connectivity index (χ1) is 14.4. The molecule has 7 heteroatoms. The molecule has 0 radical (unpaired) electrons. The molecule has 0 bridgehead atoms. The number of hydrazine groups is 1. The van der Waals surface area contributed by atoms with Crippen LogP contribution in [0.4, 0.5) is 5.69 Å². The number of nitrogens with one attached hydrogen (secondary N) is 2. The first-order valence-corrected chi connectivity index (χ1v) is 10.1. The van der Waals surface area contributed by atoms with Crippen molar-refractivity contribution < 1.29 is 19.5 Å². The van der Waals surface area contributed by atoms with Crippen molar-refractivity contribution in [2.75, 3.05) is 5.32 Å². The highest BCUT2D eigenvalue weighted by molar-refractivity contribution is 6.04. The van der Waals surface area contributed by atoms with Gasteiger partial charge in [0.15, 0.2) is 0 Å². The van der Waals surface area contributed by atoms with Gasteiger partial charge in [0.2, 0.25) is 0 Å². The first kappa shape index (κ1) is 24.8. The van der Waals surface area contributed by atoms with Crippen LogP contribution in [0.3, 0.4) is 0 Å². The number of aryl methyl sites for hydroxylation is 1. The number of carbonyl (C=O) groups is 3. The minimum absolute atomic E-state index is 0.171. The molecule has 0 unspecified atom stereocenters. The van der Waals surface area contributed by atoms with Crippen LogP contribution in [0.15, 0.2) is 48.5 Å². The fourth-order valence-electron chi connectivity index (χ4n) is 2.75. The van der Waals surface area contributed by atoms with Gasteiger partial charge in [0.05, 0.1) is 0 Å². The monoisotopic (exact) mass is 413 g/mol. The highest BCUT2D eigenvalue weighted by Crippen LogP contribution is 2.14. The Morgan fingerprint density at radius 2 is 1.33 bits per heavy atom. The van der Waals surface area contributed by atoms with Crippen LogP contribution in [0.25, 0.3) is 0 Å². The number of carbonyl (C=O) groups excluding carboxylic acids is 2. The van der Waals surface area contributed by atoms with Gasteiger partial charge in [0.25, 0.3) is 17.8 Å². The van der Waals surface area contributed by atoms with Crippen molar-refractivity contribution >= 4 is 23.5 Å². The van der Waals surface area contributed by atoms with E-state index in [2.05, 4.69) is 17.7 Å². The molecule has 30 heavy (non-hydrogen) atoms. The van der Waals surface area contributed by atoms with E-state index in [1.165, 1.54) is 37.7 Å². The van der Waals surface area contributed by atoms with Gasteiger partial charge in [-0.1, -0.05) is 44.7 Å². The largest absolute Gasteiger partial charge is 0.481 e. The van der Waals surface area contributed by atoms with Gasteiger partial charge in [-0.25, -0.2) is 5.84 Å². The summed E-state index contributed by atoms with van der Waals surface area (Å²) in [5.41, 5.74) is 5.01. The fourth-order valence-corrected chi connectivity index (χ4v) is 2.75. The van der Waals surface area contributed by atoms with Gasteiger partial charge in [0.1, 0.15) is 0 Å². The standard InChI is InChI=1S/C21H27N3O2.C2H4O2/c1-2-3-4-5-6-7-16-8-10-17(11-9-16)20(25)23-19-14-12-18(13-15-19)21(26)24-22;1-2(3)4/h8-15H,2-7,22H2,1H3,(H,23,25)(H,24,26);1H3,(H,3,4). The second kappa shape index (κ2) is 13.9. The lowest BCUT2D eigenvalue weighted by Gasteiger charge is -2.07. The first-order valence-electron chi connectivity index (χ1n) is 10.1. The Kier molecular flexibility index (Phi) is 11.5. The minimum atomic E-state index is -0.833. The van der Waals surface area contributed by atoms with E-state index in [9.17, 15) is 9.59 Å². The number of rotatable bonds is 9. The number of amides is 2. The molecule has 0 aromatic heterocycles. The van der Waals surface area contributed by atoms with Crippen molar-refractivity contribution in [1.29, 1.82) is 0 Å². The summed E-state index contributed by atoms with van der Waals surface area (Å²) < 4.78 is 0. The average Bonchev–Trinajstić information content (AvgIpc) is 2.73. The van der Waals surface area contributed by atoms with Crippen molar-refractivity contribution in [1.82, 2.24) is 5.43 Å². The van der Waals surface area contributed by atoms with Crippen LogP contribution >= 0.6 is 0 Å².